The van der Waals surface area contributed by atoms with Crippen LogP contribution < -0.4 is 0 Å². The van der Waals surface area contributed by atoms with Gasteiger partial charge in [0.1, 0.15) is 0 Å². The van der Waals surface area contributed by atoms with Crippen molar-refractivity contribution < 1.29 is 9.35 Å². The van der Waals surface area contributed by atoms with Crippen molar-refractivity contribution in [2.45, 2.75) is 4.90 Å². The smallest absolute Gasteiger partial charge is 0.255 e. The molecule has 64 valence electrons. The Balaban J connectivity index is 3.29. The summed E-state index contributed by atoms with van der Waals surface area (Å²) in [6.45, 7) is 0. The Hall–Kier alpha value is -0.220. The van der Waals surface area contributed by atoms with Gasteiger partial charge in [-0.3, -0.25) is 4.79 Å². The van der Waals surface area contributed by atoms with Crippen LogP contribution in [-0.4, -0.2) is 9.80 Å². The summed E-state index contributed by atoms with van der Waals surface area (Å²) in [6, 6.07) is 4.73. The Morgan fingerprint density at radius 3 is 2.58 bits per heavy atom. The van der Waals surface area contributed by atoms with Gasteiger partial charge in [-0.25, -0.2) is 0 Å². The lowest BCUT2D eigenvalue weighted by molar-refractivity contribution is 0.107. The third kappa shape index (κ3) is 1.93. The summed E-state index contributed by atoms with van der Waals surface area (Å²) in [6.07, 6.45) is 0. The van der Waals surface area contributed by atoms with Crippen molar-refractivity contribution in [3.63, 3.8) is 0 Å². The Morgan fingerprint density at radius 1 is 1.50 bits per heavy atom. The highest BCUT2D eigenvalue weighted by Crippen LogP contribution is 2.27. The molecule has 1 N–H and O–H groups in total. The number of carbonyl (C=O) groups excluding carboxylic acids is 1. The van der Waals surface area contributed by atoms with Crippen LogP contribution in [0, 0.1) is 0 Å². The number of hydrogen-bond donors (Lipinski definition) is 1. The summed E-state index contributed by atoms with van der Waals surface area (Å²) >= 11 is 11.4. The molecule has 0 aliphatic carbocycles. The summed E-state index contributed by atoms with van der Waals surface area (Å²) in [5, 5.41) is -0.425. The molecule has 0 unspecified atom stereocenters. The third-order valence-electron chi connectivity index (χ3n) is 1.27. The zero-order valence-corrected chi connectivity index (χ0v) is 8.08. The van der Waals surface area contributed by atoms with E-state index in [0.29, 0.717) is 16.9 Å². The van der Waals surface area contributed by atoms with Gasteiger partial charge in [0.2, 0.25) is 0 Å². The molecule has 0 heterocycles. The molecule has 0 aliphatic heterocycles. The Bertz CT molecular complexity index is 314. The molecule has 12 heavy (non-hydrogen) atoms. The van der Waals surface area contributed by atoms with Gasteiger partial charge in [0, 0.05) is 16.9 Å². The summed E-state index contributed by atoms with van der Waals surface area (Å²) in [5.41, 5.74) is 0.147. The second kappa shape index (κ2) is 4.14. The second-order valence-electron chi connectivity index (χ2n) is 1.98. The van der Waals surface area contributed by atoms with E-state index < -0.39 is 5.24 Å². The van der Waals surface area contributed by atoms with Gasteiger partial charge in [0.05, 0.1) is 10.6 Å². The summed E-state index contributed by atoms with van der Waals surface area (Å²) < 4.78 is 8.74. The van der Waals surface area contributed by atoms with Crippen molar-refractivity contribution in [2.24, 2.45) is 0 Å². The molecule has 0 bridgehead atoms. The van der Waals surface area contributed by atoms with Crippen molar-refractivity contribution in [2.75, 3.05) is 0 Å². The standard InChI is InChI=1S/C7H4Cl2O2S/c8-4-2-1-3-5(12-11)6(4)7(9)10/h1-3,11H. The van der Waals surface area contributed by atoms with Gasteiger partial charge in [-0.05, 0) is 23.7 Å². The molecule has 0 amide bonds. The molecule has 0 radical (unpaired) electrons. The highest BCUT2D eigenvalue weighted by atomic mass is 35.5. The minimum Gasteiger partial charge on any atom is -0.325 e. The van der Waals surface area contributed by atoms with Crippen molar-refractivity contribution in [3.8, 4) is 0 Å². The zero-order valence-electron chi connectivity index (χ0n) is 5.75. The molecule has 0 saturated heterocycles. The molecule has 1 aromatic carbocycles. The van der Waals surface area contributed by atoms with Gasteiger partial charge in [0.15, 0.2) is 0 Å². The van der Waals surface area contributed by atoms with Crippen molar-refractivity contribution in [1.82, 2.24) is 0 Å². The van der Waals surface area contributed by atoms with Gasteiger partial charge in [-0.2, -0.15) is 0 Å². The lowest BCUT2D eigenvalue weighted by Crippen LogP contribution is -1.93. The highest BCUT2D eigenvalue weighted by Gasteiger charge is 2.12. The molecule has 5 heteroatoms. The molecule has 0 aromatic heterocycles. The predicted octanol–water partition coefficient (Wildman–Crippen LogP) is 3.28. The van der Waals surface area contributed by atoms with E-state index in [4.69, 9.17) is 27.8 Å². The van der Waals surface area contributed by atoms with Crippen LogP contribution in [0.25, 0.3) is 0 Å². The summed E-state index contributed by atoms with van der Waals surface area (Å²) in [7, 11) is 0. The van der Waals surface area contributed by atoms with Crippen LogP contribution in [0.2, 0.25) is 5.02 Å². The van der Waals surface area contributed by atoms with Crippen molar-refractivity contribution in [3.05, 3.63) is 28.8 Å². The number of benzene rings is 1. The first kappa shape index (κ1) is 9.86. The minimum atomic E-state index is -0.669. The van der Waals surface area contributed by atoms with E-state index in [2.05, 4.69) is 0 Å². The SMILES string of the molecule is O=C(Cl)c1c(Cl)cccc1SO. The summed E-state index contributed by atoms with van der Waals surface area (Å²) in [5.74, 6) is 0. The van der Waals surface area contributed by atoms with Gasteiger partial charge >= 0.3 is 0 Å². The zero-order chi connectivity index (χ0) is 9.14. The first-order valence-electron chi connectivity index (χ1n) is 2.96. The topological polar surface area (TPSA) is 37.3 Å². The normalized spacial score (nSPS) is 9.92. The van der Waals surface area contributed by atoms with Crippen molar-refractivity contribution in [1.29, 1.82) is 0 Å². The lowest BCUT2D eigenvalue weighted by atomic mass is 10.2. The van der Waals surface area contributed by atoms with Crippen molar-refractivity contribution >= 4 is 40.5 Å². The average molecular weight is 223 g/mol. The molecule has 0 spiro atoms. The van der Waals surface area contributed by atoms with E-state index >= 15 is 0 Å². The summed E-state index contributed by atoms with van der Waals surface area (Å²) in [4.78, 5) is 11.2. The van der Waals surface area contributed by atoms with E-state index in [-0.39, 0.29) is 10.6 Å². The Morgan fingerprint density at radius 2 is 2.17 bits per heavy atom. The molecule has 0 saturated carbocycles. The van der Waals surface area contributed by atoms with E-state index in [1.54, 1.807) is 12.1 Å². The van der Waals surface area contributed by atoms with E-state index in [1.807, 2.05) is 0 Å². The van der Waals surface area contributed by atoms with E-state index in [0.717, 1.165) is 0 Å². The number of halogens is 2. The molecule has 0 aliphatic rings. The Labute approximate surface area is 83.7 Å². The minimum absolute atomic E-state index is 0.147. The maximum atomic E-state index is 10.8. The molecule has 1 rings (SSSR count). The fraction of sp³-hybridized carbons (Fsp3) is 0. The number of hydrogen-bond acceptors (Lipinski definition) is 3. The number of carbonyl (C=O) groups is 1. The molecule has 0 fully saturated rings. The quantitative estimate of drug-likeness (QED) is 0.617. The second-order valence-corrected chi connectivity index (χ2v) is 3.35. The number of rotatable bonds is 2. The molecular weight excluding hydrogens is 219 g/mol. The predicted molar refractivity (Wildman–Crippen MR) is 50.1 cm³/mol. The largest absolute Gasteiger partial charge is 0.325 e. The van der Waals surface area contributed by atoms with Gasteiger partial charge < -0.3 is 4.55 Å². The third-order valence-corrected chi connectivity index (χ3v) is 2.31. The van der Waals surface area contributed by atoms with Crippen LogP contribution in [0.3, 0.4) is 0 Å². The molecule has 0 atom stereocenters. The maximum absolute atomic E-state index is 10.8. The van der Waals surface area contributed by atoms with Crippen LogP contribution in [0.5, 0.6) is 0 Å². The van der Waals surface area contributed by atoms with Crippen LogP contribution >= 0.6 is 35.2 Å². The fourth-order valence-electron chi connectivity index (χ4n) is 0.771. The first-order valence-corrected chi connectivity index (χ1v) is 4.49. The van der Waals surface area contributed by atoms with E-state index in [1.165, 1.54) is 6.07 Å². The lowest BCUT2D eigenvalue weighted by Gasteiger charge is -2.02. The maximum Gasteiger partial charge on any atom is 0.255 e. The van der Waals surface area contributed by atoms with Crippen LogP contribution in [-0.2, 0) is 0 Å². The van der Waals surface area contributed by atoms with Crippen LogP contribution in [0.15, 0.2) is 23.1 Å². The monoisotopic (exact) mass is 222 g/mol. The molecule has 2 nitrogen and oxygen atoms in total. The van der Waals surface area contributed by atoms with Crippen LogP contribution in [0.1, 0.15) is 10.4 Å². The first-order chi connectivity index (χ1) is 5.66. The van der Waals surface area contributed by atoms with Gasteiger partial charge in [-0.1, -0.05) is 17.7 Å². The van der Waals surface area contributed by atoms with Crippen LogP contribution in [0.4, 0.5) is 0 Å². The molecule has 1 aromatic rings. The van der Waals surface area contributed by atoms with E-state index in [9.17, 15) is 4.79 Å². The fourth-order valence-corrected chi connectivity index (χ4v) is 1.83. The highest BCUT2D eigenvalue weighted by molar-refractivity contribution is 7.93. The average Bonchev–Trinajstić information content (AvgIpc) is 2.03. The Kier molecular flexibility index (Phi) is 3.40. The molecular formula is C7H4Cl2O2S. The van der Waals surface area contributed by atoms with Gasteiger partial charge in [0.25, 0.3) is 5.24 Å². The van der Waals surface area contributed by atoms with Gasteiger partial charge in [-0.15, -0.1) is 0 Å².